The molecule has 3 N–H and O–H groups in total. The number of carboxylic acid groups (broad SMARTS) is 1. The number of unbranched alkanes of at least 4 members (excludes halogenated alkanes) is 1. The number of nitrogens with one attached hydrogen (secondary N) is 1. The number of ether oxygens (including phenoxy) is 1. The summed E-state index contributed by atoms with van der Waals surface area (Å²) in [6, 6.07) is 3.74. The maximum absolute atomic E-state index is 14.6. The van der Waals surface area contributed by atoms with Crippen LogP contribution in [0, 0.1) is 23.5 Å². The SMILES string of the molecule is C.C=CC(=O)O.COCCCCc1c(C(=O)N(CC(C)C)[C@@H]2CNC[C@H](C(C)O)C2)nnn1-c1cccc(F)c1F.O=C=O. The van der Waals surface area contributed by atoms with Crippen molar-refractivity contribution in [2.45, 2.75) is 66.0 Å². The number of amides is 1. The highest BCUT2D eigenvalue weighted by Gasteiger charge is 2.35. The van der Waals surface area contributed by atoms with Gasteiger partial charge in [0, 0.05) is 45.5 Å². The molecule has 0 radical (unpaired) electrons. The maximum Gasteiger partial charge on any atom is 0.373 e. The van der Waals surface area contributed by atoms with Crippen LogP contribution < -0.4 is 5.32 Å². The van der Waals surface area contributed by atoms with Crippen molar-refractivity contribution in [1.29, 1.82) is 0 Å². The van der Waals surface area contributed by atoms with Crippen molar-refractivity contribution < 1.29 is 42.9 Å². The van der Waals surface area contributed by atoms with Crippen molar-refractivity contribution in [3.63, 3.8) is 0 Å². The molecular weight excluding hydrogens is 580 g/mol. The number of aromatic nitrogens is 3. The summed E-state index contributed by atoms with van der Waals surface area (Å²) < 4.78 is 35.0. The highest BCUT2D eigenvalue weighted by Crippen LogP contribution is 2.25. The van der Waals surface area contributed by atoms with E-state index < -0.39 is 23.7 Å². The van der Waals surface area contributed by atoms with Crippen molar-refractivity contribution in [2.75, 3.05) is 33.4 Å². The van der Waals surface area contributed by atoms with Crippen LogP contribution >= 0.6 is 0 Å². The highest BCUT2D eigenvalue weighted by atomic mass is 19.2. The van der Waals surface area contributed by atoms with E-state index in [-0.39, 0.29) is 48.7 Å². The Morgan fingerprint density at radius 1 is 1.25 bits per heavy atom. The van der Waals surface area contributed by atoms with Gasteiger partial charge in [0.1, 0.15) is 5.69 Å². The van der Waals surface area contributed by atoms with Gasteiger partial charge in [-0.15, -0.1) is 5.10 Å². The quantitative estimate of drug-likeness (QED) is 0.236. The van der Waals surface area contributed by atoms with Crippen LogP contribution in [-0.2, 0) is 25.5 Å². The van der Waals surface area contributed by atoms with Gasteiger partial charge < -0.3 is 25.2 Å². The van der Waals surface area contributed by atoms with Gasteiger partial charge in [0.2, 0.25) is 0 Å². The lowest BCUT2D eigenvalue weighted by Gasteiger charge is -2.39. The van der Waals surface area contributed by atoms with Crippen LogP contribution in [0.1, 0.15) is 63.6 Å². The number of benzene rings is 1. The predicted molar refractivity (Wildman–Crippen MR) is 158 cm³/mol. The molecule has 3 atom stereocenters. The van der Waals surface area contributed by atoms with Crippen LogP contribution in [0.15, 0.2) is 30.9 Å². The number of hydrogen-bond acceptors (Lipinski definition) is 9. The fraction of sp³-hybridized carbons (Fsp3) is 0.567. The fourth-order valence-corrected chi connectivity index (χ4v) is 4.56. The summed E-state index contributed by atoms with van der Waals surface area (Å²) in [5.74, 6) is -3.07. The van der Waals surface area contributed by atoms with Gasteiger partial charge >= 0.3 is 12.1 Å². The van der Waals surface area contributed by atoms with Crippen LogP contribution in [-0.4, -0.2) is 93.6 Å². The molecule has 0 bridgehead atoms. The number of rotatable bonds is 12. The minimum absolute atomic E-state index is 0. The number of aliphatic hydroxyl groups is 1. The van der Waals surface area contributed by atoms with Crippen molar-refractivity contribution in [1.82, 2.24) is 25.2 Å². The summed E-state index contributed by atoms with van der Waals surface area (Å²) >= 11 is 0. The standard InChI is InChI=1S/C25H37F2N5O3.C3H4O2.CO2.CH4/c1-16(2)15-31(19-12-18(17(3)33)13-28-14-19)25(34)24-22(9-5-6-11-35-4)32(30-29-24)21-10-7-8-20(26)23(21)27;1-2-3(4)5;2-1-3;/h7-8,10,16-19,28,33H,5-6,9,11-15H2,1-4H3;2H,1H2,(H,4,5);;1H4/t17?,18-,19+;;;/m1.../s1. The molecule has 2 heterocycles. The van der Waals surface area contributed by atoms with Gasteiger partial charge in [0.05, 0.1) is 11.8 Å². The lowest BCUT2D eigenvalue weighted by Crippen LogP contribution is -2.54. The molecule has 1 saturated heterocycles. The number of piperidine rings is 1. The van der Waals surface area contributed by atoms with Crippen molar-refractivity contribution in [2.24, 2.45) is 11.8 Å². The number of aliphatic carboxylic acids is 1. The summed E-state index contributed by atoms with van der Waals surface area (Å²) in [5, 5.41) is 29.3. The van der Waals surface area contributed by atoms with Crippen LogP contribution in [0.3, 0.4) is 0 Å². The zero-order valence-electron chi connectivity index (χ0n) is 25.0. The molecule has 1 aromatic carbocycles. The number of halogens is 2. The molecule has 1 fully saturated rings. The molecule has 2 aromatic rings. The Kier molecular flexibility index (Phi) is 19.1. The van der Waals surface area contributed by atoms with Gasteiger partial charge in [-0.25, -0.2) is 18.3 Å². The lowest BCUT2D eigenvalue weighted by atomic mass is 9.90. The number of nitrogens with zero attached hydrogens (tertiary/aromatic N) is 4. The van der Waals surface area contributed by atoms with E-state index in [1.165, 1.54) is 16.8 Å². The van der Waals surface area contributed by atoms with Crippen LogP contribution in [0.4, 0.5) is 8.78 Å². The second-order valence-electron chi connectivity index (χ2n) is 10.3. The molecule has 44 heavy (non-hydrogen) atoms. The van der Waals surface area contributed by atoms with Gasteiger partial charge in [-0.2, -0.15) is 9.59 Å². The summed E-state index contributed by atoms with van der Waals surface area (Å²) in [4.78, 5) is 41.2. The molecule has 1 aliphatic rings. The van der Waals surface area contributed by atoms with Crippen molar-refractivity contribution >= 4 is 18.0 Å². The summed E-state index contributed by atoms with van der Waals surface area (Å²) in [6.07, 6.45) is 3.06. The van der Waals surface area contributed by atoms with E-state index in [9.17, 15) is 23.5 Å². The van der Waals surface area contributed by atoms with Crippen molar-refractivity contribution in [3.05, 3.63) is 53.9 Å². The minimum atomic E-state index is -1.04. The van der Waals surface area contributed by atoms with E-state index in [4.69, 9.17) is 19.4 Å². The summed E-state index contributed by atoms with van der Waals surface area (Å²) in [7, 11) is 1.62. The first-order valence-corrected chi connectivity index (χ1v) is 13.9. The topological polar surface area (TPSA) is 164 Å². The molecule has 1 aliphatic heterocycles. The number of aliphatic hydroxyl groups excluding tert-OH is 1. The van der Waals surface area contributed by atoms with E-state index in [1.807, 2.05) is 13.8 Å². The van der Waals surface area contributed by atoms with E-state index in [1.54, 1.807) is 18.9 Å². The summed E-state index contributed by atoms with van der Waals surface area (Å²) in [5.41, 5.74) is 0.508. The van der Waals surface area contributed by atoms with Gasteiger partial charge in [-0.3, -0.25) is 4.79 Å². The third kappa shape index (κ3) is 12.4. The van der Waals surface area contributed by atoms with E-state index in [2.05, 4.69) is 22.2 Å². The highest BCUT2D eigenvalue weighted by molar-refractivity contribution is 5.93. The number of carbonyl (C=O) groups is 2. The molecule has 0 spiro atoms. The predicted octanol–water partition coefficient (Wildman–Crippen LogP) is 3.28. The first kappa shape index (κ1) is 40.2. The molecule has 1 unspecified atom stereocenters. The van der Waals surface area contributed by atoms with E-state index in [0.29, 0.717) is 51.2 Å². The van der Waals surface area contributed by atoms with Gasteiger partial charge in [0.25, 0.3) is 5.91 Å². The van der Waals surface area contributed by atoms with Gasteiger partial charge in [-0.1, -0.05) is 39.1 Å². The summed E-state index contributed by atoms with van der Waals surface area (Å²) in [6.45, 7) is 11.1. The second kappa shape index (κ2) is 21.0. The van der Waals surface area contributed by atoms with Crippen molar-refractivity contribution in [3.8, 4) is 5.69 Å². The molecule has 246 valence electrons. The molecule has 0 saturated carbocycles. The Bertz CT molecular complexity index is 1220. The number of hydrogen-bond donors (Lipinski definition) is 3. The average molecular weight is 626 g/mol. The zero-order chi connectivity index (χ0) is 32.5. The normalized spacial score (nSPS) is 16.2. The molecule has 3 rings (SSSR count). The lowest BCUT2D eigenvalue weighted by molar-refractivity contribution is -0.191. The third-order valence-electron chi connectivity index (χ3n) is 6.62. The number of carboxylic acids is 1. The zero-order valence-corrected chi connectivity index (χ0v) is 25.0. The molecule has 14 heteroatoms. The number of carbonyl (C=O) groups excluding carboxylic acids is 3. The van der Waals surface area contributed by atoms with Crippen LogP contribution in [0.5, 0.6) is 0 Å². The molecular formula is C30H45F2N5O7. The third-order valence-corrected chi connectivity index (χ3v) is 6.62. The molecule has 12 nitrogen and oxygen atoms in total. The first-order chi connectivity index (χ1) is 20.4. The van der Waals surface area contributed by atoms with Crippen LogP contribution in [0.2, 0.25) is 0 Å². The molecule has 1 amide bonds. The smallest absolute Gasteiger partial charge is 0.373 e. The van der Waals surface area contributed by atoms with E-state index >= 15 is 0 Å². The molecule has 0 aliphatic carbocycles. The monoisotopic (exact) mass is 625 g/mol. The fourth-order valence-electron chi connectivity index (χ4n) is 4.56. The first-order valence-electron chi connectivity index (χ1n) is 13.9. The second-order valence-corrected chi connectivity index (χ2v) is 10.3. The Hall–Kier alpha value is -3.84. The number of methoxy groups -OCH3 is 1. The van der Waals surface area contributed by atoms with Crippen LogP contribution in [0.25, 0.3) is 5.69 Å². The Labute approximate surface area is 257 Å². The average Bonchev–Trinajstić information content (AvgIpc) is 3.39. The Morgan fingerprint density at radius 3 is 2.43 bits per heavy atom. The van der Waals surface area contributed by atoms with E-state index in [0.717, 1.165) is 18.6 Å². The Morgan fingerprint density at radius 2 is 1.89 bits per heavy atom. The Balaban J connectivity index is 0.00000183. The van der Waals surface area contributed by atoms with Gasteiger partial charge in [-0.05, 0) is 56.6 Å². The maximum atomic E-state index is 14.6. The molecule has 1 aromatic heterocycles. The largest absolute Gasteiger partial charge is 0.478 e. The van der Waals surface area contributed by atoms with Gasteiger partial charge in [0.15, 0.2) is 17.3 Å². The minimum Gasteiger partial charge on any atom is -0.478 e.